The third-order valence-corrected chi connectivity index (χ3v) is 8.63. The van der Waals surface area contributed by atoms with Gasteiger partial charge in [0.15, 0.2) is 17.9 Å². The molecule has 44 heavy (non-hydrogen) atoms. The van der Waals surface area contributed by atoms with Crippen LogP contribution in [0.3, 0.4) is 0 Å². The molecule has 2 aromatic carbocycles. The molecule has 238 valence electrons. The van der Waals surface area contributed by atoms with Gasteiger partial charge in [0.1, 0.15) is 35.7 Å². The highest BCUT2D eigenvalue weighted by atomic mass is 16.7. The summed E-state index contributed by atoms with van der Waals surface area (Å²) in [6.45, 7) is 4.65. The molecule has 13 heteroatoms. The van der Waals surface area contributed by atoms with Crippen LogP contribution >= 0.6 is 0 Å². The number of carbonyl (C=O) groups is 3. The van der Waals surface area contributed by atoms with Crippen LogP contribution in [0.4, 0.5) is 0 Å². The van der Waals surface area contributed by atoms with Crippen LogP contribution in [0.5, 0.6) is 17.2 Å². The average Bonchev–Trinajstić information content (AvgIpc) is 2.99. The Morgan fingerprint density at radius 2 is 1.86 bits per heavy atom. The summed E-state index contributed by atoms with van der Waals surface area (Å²) in [5.74, 6) is -3.76. The summed E-state index contributed by atoms with van der Waals surface area (Å²) in [6, 6.07) is 3.83. The molecule has 0 aromatic heterocycles. The van der Waals surface area contributed by atoms with Crippen molar-refractivity contribution in [2.75, 3.05) is 20.3 Å². The van der Waals surface area contributed by atoms with Crippen molar-refractivity contribution in [1.29, 1.82) is 0 Å². The van der Waals surface area contributed by atoms with E-state index in [2.05, 4.69) is 5.32 Å². The fourth-order valence-corrected chi connectivity index (χ4v) is 6.48. The van der Waals surface area contributed by atoms with E-state index in [1.54, 1.807) is 13.8 Å². The molecule has 0 radical (unpaired) electrons. The molecule has 1 saturated heterocycles. The molecular weight excluding hydrogens is 578 g/mol. The van der Waals surface area contributed by atoms with Crippen LogP contribution in [0, 0.1) is 0 Å². The van der Waals surface area contributed by atoms with Gasteiger partial charge in [-0.15, -0.1) is 0 Å². The molecular formula is C31H37NO12. The van der Waals surface area contributed by atoms with Gasteiger partial charge in [-0.3, -0.25) is 19.7 Å². The fraction of sp³-hybridized carbons (Fsp3) is 0.516. The van der Waals surface area contributed by atoms with Gasteiger partial charge in [-0.25, -0.2) is 0 Å². The highest BCUT2D eigenvalue weighted by molar-refractivity contribution is 6.31. The Bertz CT molecular complexity index is 1490. The Hall–Kier alpha value is -3.43. The number of phenolic OH excluding ortho intramolecular Hbond substituents is 2. The lowest BCUT2D eigenvalue weighted by Gasteiger charge is -2.43. The maximum absolute atomic E-state index is 13.8. The largest absolute Gasteiger partial charge is 0.507 e. The number of hydrogen-bond acceptors (Lipinski definition) is 13. The third kappa shape index (κ3) is 5.28. The molecule has 6 N–H and O–H groups in total. The van der Waals surface area contributed by atoms with Gasteiger partial charge in [-0.2, -0.15) is 0 Å². The Morgan fingerprint density at radius 1 is 1.16 bits per heavy atom. The summed E-state index contributed by atoms with van der Waals surface area (Å²) in [4.78, 5) is 40.2. The van der Waals surface area contributed by atoms with Gasteiger partial charge in [0, 0.05) is 48.6 Å². The molecule has 0 saturated carbocycles. The Kier molecular flexibility index (Phi) is 8.84. The van der Waals surface area contributed by atoms with E-state index in [-0.39, 0.29) is 34.4 Å². The van der Waals surface area contributed by atoms with E-state index in [0.29, 0.717) is 6.61 Å². The maximum atomic E-state index is 13.8. The first-order valence-corrected chi connectivity index (χ1v) is 14.5. The summed E-state index contributed by atoms with van der Waals surface area (Å²) in [5.41, 5.74) is -3.62. The van der Waals surface area contributed by atoms with E-state index >= 15 is 0 Å². The molecule has 2 aromatic rings. The number of aliphatic hydroxyl groups is 3. The average molecular weight is 616 g/mol. The van der Waals surface area contributed by atoms with E-state index in [9.17, 15) is 39.9 Å². The number of hydrogen-bond donors (Lipinski definition) is 6. The second-order valence-electron chi connectivity index (χ2n) is 11.4. The van der Waals surface area contributed by atoms with Gasteiger partial charge in [-0.1, -0.05) is 12.1 Å². The highest BCUT2D eigenvalue weighted by Gasteiger charge is 2.50. The number of phenols is 2. The minimum atomic E-state index is -2.26. The van der Waals surface area contributed by atoms with Gasteiger partial charge in [0.2, 0.25) is 5.78 Å². The molecule has 7 atom stereocenters. The van der Waals surface area contributed by atoms with Crippen molar-refractivity contribution in [3.05, 3.63) is 51.6 Å². The lowest BCUT2D eigenvalue weighted by molar-refractivity contribution is -0.251. The van der Waals surface area contributed by atoms with Crippen LogP contribution in [0.2, 0.25) is 0 Å². The summed E-state index contributed by atoms with van der Waals surface area (Å²) >= 11 is 0. The Labute approximate surface area is 253 Å². The lowest BCUT2D eigenvalue weighted by atomic mass is 9.72. The van der Waals surface area contributed by atoms with E-state index in [1.165, 1.54) is 25.3 Å². The first-order chi connectivity index (χ1) is 20.9. The molecule has 0 amide bonds. The van der Waals surface area contributed by atoms with E-state index in [4.69, 9.17) is 18.9 Å². The second-order valence-corrected chi connectivity index (χ2v) is 11.4. The van der Waals surface area contributed by atoms with Crippen molar-refractivity contribution in [2.45, 2.75) is 82.5 Å². The summed E-state index contributed by atoms with van der Waals surface area (Å²) in [5, 5.41) is 58.1. The number of ketones is 3. The zero-order valence-corrected chi connectivity index (χ0v) is 24.8. The van der Waals surface area contributed by atoms with E-state index in [1.807, 2.05) is 6.92 Å². The number of fused-ring (bicyclic) bond motifs is 3. The summed E-state index contributed by atoms with van der Waals surface area (Å²) in [6.07, 6.45) is -5.45. The Balaban J connectivity index is 1.61. The normalized spacial score (nSPS) is 28.6. The van der Waals surface area contributed by atoms with Gasteiger partial charge < -0.3 is 44.5 Å². The molecule has 2 aliphatic carbocycles. The smallest absolute Gasteiger partial charge is 0.202 e. The SMILES string of the molecule is CCOC(C)NC1CC(O[C@H]2C[C@](O)(C(=O)CO)Cc3c(O)c4c(c(O)c32)C(=O)c2c(OC)cccc2C4=O)OC(C)C1O. The topological polar surface area (TPSA) is 201 Å². The zero-order valence-electron chi connectivity index (χ0n) is 24.8. The second kappa shape index (κ2) is 12.2. The number of rotatable bonds is 9. The number of methoxy groups -OCH3 is 1. The Morgan fingerprint density at radius 3 is 2.52 bits per heavy atom. The number of aromatic hydroxyl groups is 2. The van der Waals surface area contributed by atoms with Gasteiger partial charge >= 0.3 is 0 Å². The fourth-order valence-electron chi connectivity index (χ4n) is 6.48. The van der Waals surface area contributed by atoms with Gasteiger partial charge in [0.05, 0.1) is 42.1 Å². The van der Waals surface area contributed by atoms with Crippen LogP contribution in [0.15, 0.2) is 18.2 Å². The summed E-state index contributed by atoms with van der Waals surface area (Å²) in [7, 11) is 1.33. The molecule has 0 spiro atoms. The molecule has 5 unspecified atom stereocenters. The van der Waals surface area contributed by atoms with Gasteiger partial charge in [0.25, 0.3) is 0 Å². The monoisotopic (exact) mass is 615 g/mol. The number of ether oxygens (including phenoxy) is 4. The molecule has 5 rings (SSSR count). The number of nitrogens with one attached hydrogen (secondary N) is 1. The number of benzene rings is 2. The maximum Gasteiger partial charge on any atom is 0.202 e. The predicted molar refractivity (Wildman–Crippen MR) is 152 cm³/mol. The van der Waals surface area contributed by atoms with Crippen molar-refractivity contribution in [3.63, 3.8) is 0 Å². The van der Waals surface area contributed by atoms with Crippen LogP contribution < -0.4 is 10.1 Å². The quantitative estimate of drug-likeness (QED) is 0.147. The van der Waals surface area contributed by atoms with Crippen LogP contribution in [-0.4, -0.2) is 99.6 Å². The molecule has 1 aliphatic heterocycles. The molecule has 1 heterocycles. The molecule has 0 bridgehead atoms. The predicted octanol–water partition coefficient (Wildman–Crippen LogP) is 1.01. The highest BCUT2D eigenvalue weighted by Crippen LogP contribution is 2.52. The number of aliphatic hydroxyl groups excluding tert-OH is 2. The van der Waals surface area contributed by atoms with Crippen molar-refractivity contribution in [1.82, 2.24) is 5.32 Å². The van der Waals surface area contributed by atoms with E-state index in [0.717, 1.165) is 0 Å². The summed E-state index contributed by atoms with van der Waals surface area (Å²) < 4.78 is 23.0. The molecule has 3 aliphatic rings. The van der Waals surface area contributed by atoms with Crippen LogP contribution in [-0.2, 0) is 25.4 Å². The zero-order chi connectivity index (χ0) is 32.1. The van der Waals surface area contributed by atoms with Crippen LogP contribution in [0.25, 0.3) is 0 Å². The standard InChI is InChI=1S/C31H37NO12/c1-5-42-14(3)32-17-9-21(43-13(2)26(17)35)44-19-11-31(40,20(34)12-33)10-16-23(19)30(39)25-24(28(16)37)27(36)15-7-6-8-18(41-4)22(15)29(25)38/h6-8,13-14,17,19,21,26,32-33,35,37,39-40H,5,9-12H2,1-4H3/t13?,14?,17?,19-,21?,26?,31-/m0/s1. The first-order valence-electron chi connectivity index (χ1n) is 14.5. The van der Waals surface area contributed by atoms with Crippen molar-refractivity contribution in [3.8, 4) is 17.2 Å². The first kappa shape index (κ1) is 32.0. The molecule has 13 nitrogen and oxygen atoms in total. The molecule has 1 fully saturated rings. The van der Waals surface area contributed by atoms with Gasteiger partial charge in [-0.05, 0) is 26.8 Å². The lowest BCUT2D eigenvalue weighted by Crippen LogP contribution is -2.56. The van der Waals surface area contributed by atoms with Crippen LogP contribution in [0.1, 0.15) is 82.7 Å². The van der Waals surface area contributed by atoms with E-state index < -0.39 is 102 Å². The minimum Gasteiger partial charge on any atom is -0.507 e. The third-order valence-electron chi connectivity index (χ3n) is 8.63. The van der Waals surface area contributed by atoms with Crippen molar-refractivity contribution < 1.29 is 58.9 Å². The van der Waals surface area contributed by atoms with Crippen molar-refractivity contribution >= 4 is 17.3 Å². The number of carbonyl (C=O) groups excluding carboxylic acids is 3. The van der Waals surface area contributed by atoms with Crippen molar-refractivity contribution in [2.24, 2.45) is 0 Å². The minimum absolute atomic E-state index is 0.0511. The number of Topliss-reactive ketones (excluding diaryl/α,β-unsaturated/α-hetero) is 1.